The standard InChI is InChI=1S/C9H7Cl2N3.ClH/c10-6-2-1-3-7(11)8(6)14-9-12-4-5-13-9;/h1-4H,5H2,(H,13,14);1H. The Bertz CT molecular complexity index is 395. The molecule has 15 heavy (non-hydrogen) atoms. The van der Waals surface area contributed by atoms with E-state index < -0.39 is 0 Å². The van der Waals surface area contributed by atoms with Crippen molar-refractivity contribution in [3.63, 3.8) is 0 Å². The summed E-state index contributed by atoms with van der Waals surface area (Å²) in [4.78, 5) is 8.21. The fraction of sp³-hybridized carbons (Fsp3) is 0.111. The van der Waals surface area contributed by atoms with Gasteiger partial charge in [-0.05, 0) is 12.1 Å². The lowest BCUT2D eigenvalue weighted by Gasteiger charge is -2.01. The summed E-state index contributed by atoms with van der Waals surface area (Å²) in [6.07, 6.45) is 1.74. The highest BCUT2D eigenvalue weighted by Crippen LogP contribution is 2.32. The van der Waals surface area contributed by atoms with E-state index in [9.17, 15) is 0 Å². The van der Waals surface area contributed by atoms with Crippen LogP contribution in [-0.2, 0) is 0 Å². The molecule has 0 radical (unpaired) electrons. The molecule has 0 amide bonds. The summed E-state index contributed by atoms with van der Waals surface area (Å²) in [7, 11) is 0. The maximum absolute atomic E-state index is 5.94. The van der Waals surface area contributed by atoms with Gasteiger partial charge in [0, 0.05) is 6.21 Å². The Morgan fingerprint density at radius 3 is 2.47 bits per heavy atom. The Hall–Kier alpha value is -0.770. The lowest BCUT2D eigenvalue weighted by molar-refractivity contribution is 1.11. The van der Waals surface area contributed by atoms with Crippen LogP contribution in [0.15, 0.2) is 28.2 Å². The minimum absolute atomic E-state index is 0. The number of hydrogen-bond donors (Lipinski definition) is 1. The highest BCUT2D eigenvalue weighted by atomic mass is 35.5. The number of guanidine groups is 1. The van der Waals surface area contributed by atoms with E-state index in [1.807, 2.05) is 0 Å². The zero-order valence-corrected chi connectivity index (χ0v) is 9.90. The van der Waals surface area contributed by atoms with Gasteiger partial charge >= 0.3 is 0 Å². The van der Waals surface area contributed by atoms with Crippen LogP contribution in [0.3, 0.4) is 0 Å². The van der Waals surface area contributed by atoms with Gasteiger partial charge in [-0.25, -0.2) is 9.98 Å². The van der Waals surface area contributed by atoms with Crippen molar-refractivity contribution in [2.45, 2.75) is 0 Å². The minimum Gasteiger partial charge on any atom is -0.349 e. The molecule has 0 bridgehead atoms. The van der Waals surface area contributed by atoms with E-state index in [4.69, 9.17) is 23.2 Å². The van der Waals surface area contributed by atoms with Crippen molar-refractivity contribution in [3.05, 3.63) is 28.2 Å². The molecule has 0 saturated carbocycles. The third-order valence-electron chi connectivity index (χ3n) is 1.72. The number of hydrogen-bond acceptors (Lipinski definition) is 1. The zero-order chi connectivity index (χ0) is 9.97. The number of benzene rings is 1. The summed E-state index contributed by atoms with van der Waals surface area (Å²) in [6.45, 7) is 0.695. The molecule has 1 aliphatic rings. The van der Waals surface area contributed by atoms with Crippen LogP contribution in [-0.4, -0.2) is 18.7 Å². The second-order valence-electron chi connectivity index (χ2n) is 2.70. The Morgan fingerprint density at radius 2 is 1.93 bits per heavy atom. The van der Waals surface area contributed by atoms with Gasteiger partial charge in [-0.15, -0.1) is 12.4 Å². The van der Waals surface area contributed by atoms with Crippen LogP contribution < -0.4 is 5.32 Å². The maximum Gasteiger partial charge on any atom is 0.223 e. The molecule has 1 N–H and O–H groups in total. The lowest BCUT2D eigenvalue weighted by Crippen LogP contribution is -2.15. The van der Waals surface area contributed by atoms with Crippen molar-refractivity contribution in [1.29, 1.82) is 0 Å². The predicted octanol–water partition coefficient (Wildman–Crippen LogP) is 3.08. The van der Waals surface area contributed by atoms with Crippen LogP contribution in [0.4, 0.5) is 5.69 Å². The third-order valence-corrected chi connectivity index (χ3v) is 2.33. The largest absolute Gasteiger partial charge is 0.349 e. The first-order chi connectivity index (χ1) is 6.77. The fourth-order valence-electron chi connectivity index (χ4n) is 1.08. The summed E-state index contributed by atoms with van der Waals surface area (Å²) in [5.74, 6) is 0.542. The molecule has 0 unspecified atom stereocenters. The molecule has 80 valence electrons. The zero-order valence-electron chi connectivity index (χ0n) is 7.58. The van der Waals surface area contributed by atoms with E-state index in [-0.39, 0.29) is 12.4 Å². The molecule has 3 nitrogen and oxygen atoms in total. The third kappa shape index (κ3) is 2.84. The average molecular weight is 265 g/mol. The first-order valence-corrected chi connectivity index (χ1v) is 4.82. The van der Waals surface area contributed by atoms with Crippen molar-refractivity contribution in [2.24, 2.45) is 9.98 Å². The normalized spacial score (nSPS) is 16.3. The maximum atomic E-state index is 5.94. The molecule has 0 aromatic heterocycles. The monoisotopic (exact) mass is 263 g/mol. The average Bonchev–Trinajstić information content (AvgIpc) is 2.64. The highest BCUT2D eigenvalue weighted by molar-refractivity contribution is 6.38. The molecule has 0 fully saturated rings. The van der Waals surface area contributed by atoms with Crippen molar-refractivity contribution in [2.75, 3.05) is 6.54 Å². The molecule has 2 rings (SSSR count). The number of halogens is 3. The Balaban J connectivity index is 0.00000112. The van der Waals surface area contributed by atoms with E-state index in [1.165, 1.54) is 0 Å². The van der Waals surface area contributed by atoms with Gasteiger partial charge in [0.15, 0.2) is 0 Å². The van der Waals surface area contributed by atoms with Gasteiger partial charge in [-0.3, -0.25) is 0 Å². The van der Waals surface area contributed by atoms with Crippen LogP contribution in [0.2, 0.25) is 10.0 Å². The predicted molar refractivity (Wildman–Crippen MR) is 67.3 cm³/mol. The van der Waals surface area contributed by atoms with Crippen molar-refractivity contribution in [3.8, 4) is 0 Å². The molecular weight excluding hydrogens is 256 g/mol. The van der Waals surface area contributed by atoms with Crippen LogP contribution >= 0.6 is 35.6 Å². The fourth-order valence-corrected chi connectivity index (χ4v) is 1.57. The molecule has 0 spiro atoms. The molecule has 1 aromatic carbocycles. The quantitative estimate of drug-likeness (QED) is 0.831. The molecule has 1 aromatic rings. The van der Waals surface area contributed by atoms with Gasteiger partial charge in [-0.1, -0.05) is 29.3 Å². The van der Waals surface area contributed by atoms with Crippen molar-refractivity contribution in [1.82, 2.24) is 5.32 Å². The topological polar surface area (TPSA) is 36.8 Å². The summed E-state index contributed by atoms with van der Waals surface area (Å²) >= 11 is 11.9. The summed E-state index contributed by atoms with van der Waals surface area (Å²) < 4.78 is 0. The molecule has 0 aliphatic carbocycles. The summed E-state index contributed by atoms with van der Waals surface area (Å²) in [5.41, 5.74) is 0.553. The number of aliphatic imine (C=N–C) groups is 2. The Morgan fingerprint density at radius 1 is 1.27 bits per heavy atom. The minimum atomic E-state index is 0. The van der Waals surface area contributed by atoms with E-state index in [1.54, 1.807) is 24.4 Å². The van der Waals surface area contributed by atoms with Crippen LogP contribution in [0.25, 0.3) is 0 Å². The second kappa shape index (κ2) is 5.35. The van der Waals surface area contributed by atoms with Crippen LogP contribution in [0.5, 0.6) is 0 Å². The SMILES string of the molecule is Cl.Clc1cccc(Cl)c1N=C1N=CCN1. The van der Waals surface area contributed by atoms with Crippen molar-refractivity contribution < 1.29 is 0 Å². The first kappa shape index (κ1) is 12.3. The first-order valence-electron chi connectivity index (χ1n) is 4.06. The number of para-hydroxylation sites is 1. The second-order valence-corrected chi connectivity index (χ2v) is 3.51. The number of nitrogens with zero attached hydrogens (tertiary/aromatic N) is 2. The van der Waals surface area contributed by atoms with E-state index in [0.717, 1.165) is 0 Å². The van der Waals surface area contributed by atoms with E-state index in [2.05, 4.69) is 15.3 Å². The number of nitrogens with one attached hydrogen (secondary N) is 1. The lowest BCUT2D eigenvalue weighted by atomic mass is 10.3. The molecule has 0 saturated heterocycles. The molecule has 0 atom stereocenters. The van der Waals surface area contributed by atoms with Gasteiger partial charge in [0.05, 0.1) is 16.6 Å². The highest BCUT2D eigenvalue weighted by Gasteiger charge is 2.07. The Kier molecular flexibility index (Phi) is 4.39. The molecule has 6 heteroatoms. The summed E-state index contributed by atoms with van der Waals surface area (Å²) in [6, 6.07) is 5.26. The van der Waals surface area contributed by atoms with Crippen LogP contribution in [0, 0.1) is 0 Å². The van der Waals surface area contributed by atoms with E-state index >= 15 is 0 Å². The van der Waals surface area contributed by atoms with Gasteiger partial charge in [0.2, 0.25) is 5.96 Å². The molecule has 1 heterocycles. The Labute approximate surface area is 104 Å². The van der Waals surface area contributed by atoms with Crippen LogP contribution in [0.1, 0.15) is 0 Å². The molecule has 1 aliphatic heterocycles. The van der Waals surface area contributed by atoms with Crippen molar-refractivity contribution >= 4 is 53.5 Å². The van der Waals surface area contributed by atoms with Gasteiger partial charge in [0.1, 0.15) is 5.69 Å². The van der Waals surface area contributed by atoms with Gasteiger partial charge in [-0.2, -0.15) is 0 Å². The summed E-state index contributed by atoms with van der Waals surface area (Å²) in [5, 5.41) is 4.01. The molecular formula is C9H8Cl3N3. The van der Waals surface area contributed by atoms with Gasteiger partial charge < -0.3 is 5.32 Å². The smallest absolute Gasteiger partial charge is 0.223 e. The van der Waals surface area contributed by atoms with Gasteiger partial charge in [0.25, 0.3) is 0 Å². The van der Waals surface area contributed by atoms with E-state index in [0.29, 0.717) is 28.2 Å². The number of rotatable bonds is 1.